The number of rotatable bonds is 2. The van der Waals surface area contributed by atoms with E-state index in [4.69, 9.17) is 11.6 Å². The fourth-order valence-corrected chi connectivity index (χ4v) is 1.66. The van der Waals surface area contributed by atoms with Crippen molar-refractivity contribution in [3.05, 3.63) is 57.0 Å². The van der Waals surface area contributed by atoms with E-state index in [1.165, 1.54) is 10.7 Å². The number of nitrogens with zero attached hydrogens (tertiary/aromatic N) is 2. The largest absolute Gasteiger partial charge is 1.00 e. The molecule has 1 aromatic carbocycles. The zero-order chi connectivity index (χ0) is 13.3. The van der Waals surface area contributed by atoms with Crippen molar-refractivity contribution in [2.24, 2.45) is 0 Å². The first-order chi connectivity index (χ1) is 8.49. The van der Waals surface area contributed by atoms with Gasteiger partial charge in [0.2, 0.25) is 5.43 Å². The quantitative estimate of drug-likeness (QED) is 0.575. The number of hydrogen-bond acceptors (Lipinski definition) is 4. The normalized spacial score (nSPS) is 9.79. The molecule has 2 rings (SSSR count). The first-order valence-electron chi connectivity index (χ1n) is 5.07. The van der Waals surface area contributed by atoms with Gasteiger partial charge in [0.25, 0.3) is 0 Å². The smallest absolute Gasteiger partial charge is 0.543 e. The van der Waals surface area contributed by atoms with Crippen LogP contribution in [0.5, 0.6) is 0 Å². The summed E-state index contributed by atoms with van der Waals surface area (Å²) in [5, 5.41) is 15.1. The number of carboxylic acid groups (broad SMARTS) is 1. The predicted octanol–water partition coefficient (Wildman–Crippen LogP) is -2.44. The van der Waals surface area contributed by atoms with Crippen LogP contribution in [0.25, 0.3) is 5.69 Å². The van der Waals surface area contributed by atoms with Crippen LogP contribution >= 0.6 is 11.6 Å². The zero-order valence-corrected chi connectivity index (χ0v) is 13.1. The van der Waals surface area contributed by atoms with Crippen molar-refractivity contribution in [1.29, 1.82) is 0 Å². The third kappa shape index (κ3) is 3.45. The standard InChI is InChI=1S/C12H9ClN2O3.Na/c1-7-6-10(16)11(12(17)18)14-15(7)9-4-2-8(13)3-5-9;/h2-6H,1H3,(H,17,18);/q;+1/p-1. The molecule has 0 amide bonds. The number of aryl methyl sites for hydroxylation is 1. The fraction of sp³-hybridized carbons (Fsp3) is 0.0833. The Morgan fingerprint density at radius 2 is 1.89 bits per heavy atom. The molecule has 1 aromatic heterocycles. The van der Waals surface area contributed by atoms with Crippen LogP contribution in [0.4, 0.5) is 0 Å². The average Bonchev–Trinajstić information content (AvgIpc) is 2.30. The van der Waals surface area contributed by atoms with Crippen LogP contribution in [0.2, 0.25) is 5.02 Å². The van der Waals surface area contributed by atoms with E-state index in [1.54, 1.807) is 31.2 Å². The van der Waals surface area contributed by atoms with Gasteiger partial charge in [0.15, 0.2) is 5.69 Å². The number of halogens is 1. The minimum atomic E-state index is -1.59. The van der Waals surface area contributed by atoms with Gasteiger partial charge in [0.05, 0.1) is 11.7 Å². The maximum atomic E-state index is 11.4. The summed E-state index contributed by atoms with van der Waals surface area (Å²) in [5.41, 5.74) is -0.153. The molecule has 0 aliphatic carbocycles. The Hall–Kier alpha value is -1.14. The number of carbonyl (C=O) groups excluding carboxylic acids is 1. The van der Waals surface area contributed by atoms with Crippen LogP contribution in [0.1, 0.15) is 16.2 Å². The summed E-state index contributed by atoms with van der Waals surface area (Å²) in [4.78, 5) is 22.2. The molecular formula is C12H8ClN2NaO3. The molecule has 0 aliphatic rings. The van der Waals surface area contributed by atoms with Gasteiger partial charge in [-0.15, -0.1) is 0 Å². The Morgan fingerprint density at radius 3 is 2.42 bits per heavy atom. The van der Waals surface area contributed by atoms with E-state index < -0.39 is 17.1 Å². The molecule has 19 heavy (non-hydrogen) atoms. The van der Waals surface area contributed by atoms with Gasteiger partial charge >= 0.3 is 29.6 Å². The van der Waals surface area contributed by atoms with Crippen molar-refractivity contribution >= 4 is 17.6 Å². The van der Waals surface area contributed by atoms with Crippen LogP contribution in [0.15, 0.2) is 35.1 Å². The van der Waals surface area contributed by atoms with Gasteiger partial charge in [-0.25, -0.2) is 4.68 Å². The van der Waals surface area contributed by atoms with Gasteiger partial charge in [-0.3, -0.25) is 4.79 Å². The molecule has 92 valence electrons. The molecule has 2 aromatic rings. The Balaban J connectivity index is 0.00000180. The van der Waals surface area contributed by atoms with E-state index in [1.807, 2.05) is 0 Å². The molecule has 0 fully saturated rings. The summed E-state index contributed by atoms with van der Waals surface area (Å²) >= 11 is 5.76. The molecule has 0 radical (unpaired) electrons. The molecule has 0 N–H and O–H groups in total. The average molecular weight is 287 g/mol. The molecule has 7 heteroatoms. The second kappa shape index (κ2) is 6.34. The molecule has 0 aliphatic heterocycles. The van der Waals surface area contributed by atoms with Crippen molar-refractivity contribution in [1.82, 2.24) is 9.78 Å². The van der Waals surface area contributed by atoms with Crippen LogP contribution in [-0.4, -0.2) is 15.7 Å². The number of aromatic nitrogens is 2. The van der Waals surface area contributed by atoms with Crippen molar-refractivity contribution in [2.75, 3.05) is 0 Å². The molecule has 0 saturated carbocycles. The van der Waals surface area contributed by atoms with Gasteiger partial charge < -0.3 is 9.90 Å². The summed E-state index contributed by atoms with van der Waals surface area (Å²) in [7, 11) is 0. The van der Waals surface area contributed by atoms with Crippen molar-refractivity contribution in [2.45, 2.75) is 6.92 Å². The third-order valence-corrected chi connectivity index (χ3v) is 2.62. The van der Waals surface area contributed by atoms with Crippen LogP contribution < -0.4 is 40.1 Å². The van der Waals surface area contributed by atoms with E-state index in [0.717, 1.165) is 0 Å². The van der Waals surface area contributed by atoms with Crippen LogP contribution in [0.3, 0.4) is 0 Å². The van der Waals surface area contributed by atoms with E-state index in [0.29, 0.717) is 16.4 Å². The first kappa shape index (κ1) is 15.9. The summed E-state index contributed by atoms with van der Waals surface area (Å²) in [6.45, 7) is 1.65. The summed E-state index contributed by atoms with van der Waals surface area (Å²) in [6, 6.07) is 7.84. The number of carboxylic acids is 1. The van der Waals surface area contributed by atoms with E-state index in [9.17, 15) is 14.7 Å². The Morgan fingerprint density at radius 1 is 1.32 bits per heavy atom. The number of hydrogen-bond donors (Lipinski definition) is 0. The zero-order valence-electron chi connectivity index (χ0n) is 10.4. The summed E-state index contributed by atoms with van der Waals surface area (Å²) in [6.07, 6.45) is 0. The molecule has 0 atom stereocenters. The molecule has 0 saturated heterocycles. The van der Waals surface area contributed by atoms with Crippen molar-refractivity contribution in [3.8, 4) is 5.69 Å². The van der Waals surface area contributed by atoms with Crippen molar-refractivity contribution in [3.63, 3.8) is 0 Å². The predicted molar refractivity (Wildman–Crippen MR) is 63.9 cm³/mol. The maximum Gasteiger partial charge on any atom is 1.00 e. The number of benzene rings is 1. The van der Waals surface area contributed by atoms with E-state index in [-0.39, 0.29) is 29.6 Å². The molecule has 0 bridgehead atoms. The van der Waals surface area contributed by atoms with Crippen LogP contribution in [0, 0.1) is 6.92 Å². The minimum absolute atomic E-state index is 0. The maximum absolute atomic E-state index is 11.4. The molecule has 0 unspecified atom stereocenters. The second-order valence-corrected chi connectivity index (χ2v) is 4.11. The SMILES string of the molecule is Cc1cc(=O)c(C(=O)[O-])nn1-c1ccc(Cl)cc1.[Na+]. The second-order valence-electron chi connectivity index (χ2n) is 3.67. The Bertz CT molecular complexity index is 668. The number of aromatic carboxylic acids is 1. The first-order valence-corrected chi connectivity index (χ1v) is 5.45. The van der Waals surface area contributed by atoms with E-state index in [2.05, 4.69) is 5.10 Å². The molecule has 5 nitrogen and oxygen atoms in total. The van der Waals surface area contributed by atoms with Gasteiger partial charge in [0.1, 0.15) is 0 Å². The van der Waals surface area contributed by atoms with Crippen LogP contribution in [-0.2, 0) is 0 Å². The molecular weight excluding hydrogens is 279 g/mol. The topological polar surface area (TPSA) is 75.0 Å². The summed E-state index contributed by atoms with van der Waals surface area (Å²) in [5.74, 6) is -1.59. The van der Waals surface area contributed by atoms with E-state index >= 15 is 0 Å². The number of carbonyl (C=O) groups is 1. The fourth-order valence-electron chi connectivity index (χ4n) is 1.53. The minimum Gasteiger partial charge on any atom is -0.543 e. The van der Waals surface area contributed by atoms with Gasteiger partial charge in [-0.05, 0) is 31.2 Å². The third-order valence-electron chi connectivity index (χ3n) is 2.37. The van der Waals surface area contributed by atoms with Gasteiger partial charge in [0, 0.05) is 16.8 Å². The molecule has 0 spiro atoms. The van der Waals surface area contributed by atoms with Crippen molar-refractivity contribution < 1.29 is 39.5 Å². The summed E-state index contributed by atoms with van der Waals surface area (Å²) < 4.78 is 1.35. The van der Waals surface area contributed by atoms with Gasteiger partial charge in [-0.1, -0.05) is 11.6 Å². The monoisotopic (exact) mass is 286 g/mol. The van der Waals surface area contributed by atoms with Gasteiger partial charge in [-0.2, -0.15) is 5.10 Å². The Kier molecular flexibility index (Phi) is 5.31. The molecule has 1 heterocycles. The Labute approximate surface area is 136 Å².